The number of carbonyl (C=O) groups is 2. The summed E-state index contributed by atoms with van der Waals surface area (Å²) in [7, 11) is 1.42. The number of aromatic amines is 1. The average molecular weight is 408 g/mol. The van der Waals surface area contributed by atoms with E-state index < -0.39 is 17.4 Å². The molecule has 5 atom stereocenters. The Balaban J connectivity index is 1.51. The lowest BCUT2D eigenvalue weighted by Crippen LogP contribution is -2.55. The van der Waals surface area contributed by atoms with Gasteiger partial charge in [0.25, 0.3) is 0 Å². The van der Waals surface area contributed by atoms with Gasteiger partial charge in [-0.3, -0.25) is 14.3 Å². The van der Waals surface area contributed by atoms with Crippen LogP contribution in [0.15, 0.2) is 18.5 Å². The van der Waals surface area contributed by atoms with Crippen LogP contribution in [0.1, 0.15) is 38.1 Å². The van der Waals surface area contributed by atoms with Crippen LogP contribution >= 0.6 is 0 Å². The van der Waals surface area contributed by atoms with Gasteiger partial charge in [-0.05, 0) is 55.9 Å². The molecule has 4 bridgehead atoms. The number of aliphatic hydroxyl groups is 1. The third-order valence-corrected chi connectivity index (χ3v) is 7.39. The van der Waals surface area contributed by atoms with E-state index in [-0.39, 0.29) is 6.04 Å². The molecule has 4 fully saturated rings. The van der Waals surface area contributed by atoms with Gasteiger partial charge in [0.2, 0.25) is 0 Å². The molecule has 4 aliphatic carbocycles. The first-order valence-corrected chi connectivity index (χ1v) is 10.6. The summed E-state index contributed by atoms with van der Waals surface area (Å²) in [5.41, 5.74) is 1.14. The normalized spacial score (nSPS) is 32.1. The molecule has 30 heavy (non-hydrogen) atoms. The number of anilines is 1. The van der Waals surface area contributed by atoms with Gasteiger partial charge in [-0.1, -0.05) is 0 Å². The molecule has 0 aliphatic heterocycles. The van der Waals surface area contributed by atoms with Crippen LogP contribution in [0.3, 0.4) is 0 Å². The monoisotopic (exact) mass is 408 g/mol. The summed E-state index contributed by atoms with van der Waals surface area (Å²) >= 11 is 0. The second-order valence-corrected chi connectivity index (χ2v) is 9.27. The summed E-state index contributed by atoms with van der Waals surface area (Å²) < 4.78 is 2.04. The molecule has 0 radical (unpaired) electrons. The summed E-state index contributed by atoms with van der Waals surface area (Å²) in [5.74, 6) is 0.180. The van der Waals surface area contributed by atoms with Crippen molar-refractivity contribution in [3.05, 3.63) is 18.5 Å². The Morgan fingerprint density at radius 3 is 2.67 bits per heavy atom. The van der Waals surface area contributed by atoms with Gasteiger partial charge < -0.3 is 20.7 Å². The molecule has 3 heterocycles. The number of nitrogens with one attached hydrogen (secondary N) is 3. The molecule has 0 spiro atoms. The summed E-state index contributed by atoms with van der Waals surface area (Å²) in [6.07, 6.45) is 8.27. The Hall–Kier alpha value is -2.94. The van der Waals surface area contributed by atoms with Gasteiger partial charge in [0.15, 0.2) is 5.82 Å². The topological polar surface area (TPSA) is 125 Å². The molecular weight excluding hydrogens is 384 g/mol. The molecule has 9 nitrogen and oxygen atoms in total. The first-order valence-electron chi connectivity index (χ1n) is 10.6. The fourth-order valence-electron chi connectivity index (χ4n) is 6.57. The van der Waals surface area contributed by atoms with Crippen molar-refractivity contribution >= 4 is 39.6 Å². The number of nitrogens with zero attached hydrogens (tertiary/aromatic N) is 3. The number of hydrogen-bond acceptors (Lipinski definition) is 5. The molecule has 4 aliphatic rings. The highest BCUT2D eigenvalue weighted by molar-refractivity contribution is 6.40. The van der Waals surface area contributed by atoms with Gasteiger partial charge in [-0.2, -0.15) is 5.10 Å². The lowest BCUT2D eigenvalue weighted by atomic mass is 9.52. The minimum Gasteiger partial charge on any atom is -0.390 e. The van der Waals surface area contributed by atoms with E-state index in [0.29, 0.717) is 29.0 Å². The molecule has 3 aromatic rings. The van der Waals surface area contributed by atoms with Gasteiger partial charge in [0.05, 0.1) is 22.5 Å². The molecule has 1 unspecified atom stereocenters. The van der Waals surface area contributed by atoms with Crippen LogP contribution in [0.4, 0.5) is 5.82 Å². The van der Waals surface area contributed by atoms with Crippen molar-refractivity contribution in [2.24, 2.45) is 17.8 Å². The Kier molecular flexibility index (Phi) is 3.60. The van der Waals surface area contributed by atoms with Crippen LogP contribution in [0.25, 0.3) is 21.9 Å². The van der Waals surface area contributed by atoms with Crippen molar-refractivity contribution in [3.63, 3.8) is 0 Å². The number of amides is 2. The first-order chi connectivity index (χ1) is 14.5. The molecule has 9 heteroatoms. The predicted molar refractivity (Wildman–Crippen MR) is 110 cm³/mol. The fraction of sp³-hybridized carbons (Fsp3) is 0.524. The number of rotatable bonds is 2. The van der Waals surface area contributed by atoms with E-state index >= 15 is 0 Å². The number of H-pyrrole nitrogens is 1. The summed E-state index contributed by atoms with van der Waals surface area (Å²) in [4.78, 5) is 31.6. The second kappa shape index (κ2) is 6.04. The van der Waals surface area contributed by atoms with Gasteiger partial charge in [-0.25, -0.2) is 4.98 Å². The van der Waals surface area contributed by atoms with E-state index in [1.807, 2.05) is 16.9 Å². The Morgan fingerprint density at radius 2 is 1.97 bits per heavy atom. The highest BCUT2D eigenvalue weighted by atomic mass is 16.3. The van der Waals surface area contributed by atoms with Crippen molar-refractivity contribution in [1.82, 2.24) is 25.1 Å². The molecule has 0 aromatic carbocycles. The number of likely N-dealkylation sites (N-methyl/N-ethyl adjacent to an activating group) is 1. The predicted octanol–water partition coefficient (Wildman–Crippen LogP) is 1.71. The van der Waals surface area contributed by atoms with Crippen LogP contribution in [-0.2, 0) is 9.59 Å². The zero-order chi connectivity index (χ0) is 20.6. The van der Waals surface area contributed by atoms with Crippen LogP contribution in [0.2, 0.25) is 0 Å². The van der Waals surface area contributed by atoms with Gasteiger partial charge in [0.1, 0.15) is 5.65 Å². The molecule has 0 saturated heterocycles. The Labute approximate surface area is 172 Å². The molecule has 4 N–H and O–H groups in total. The maximum atomic E-state index is 12.2. The van der Waals surface area contributed by atoms with E-state index in [4.69, 9.17) is 5.10 Å². The zero-order valence-electron chi connectivity index (χ0n) is 16.7. The smallest absolute Gasteiger partial charge is 0.314 e. The number of carbonyl (C=O) groups excluding carboxylic acids is 2. The van der Waals surface area contributed by atoms with E-state index in [1.54, 1.807) is 6.20 Å². The molecule has 2 amide bonds. The van der Waals surface area contributed by atoms with Crippen LogP contribution < -0.4 is 10.6 Å². The quantitative estimate of drug-likeness (QED) is 0.481. The zero-order valence-corrected chi connectivity index (χ0v) is 16.7. The van der Waals surface area contributed by atoms with E-state index in [1.165, 1.54) is 7.05 Å². The maximum absolute atomic E-state index is 12.2. The van der Waals surface area contributed by atoms with Gasteiger partial charge in [-0.15, -0.1) is 0 Å². The van der Waals surface area contributed by atoms with E-state index in [9.17, 15) is 14.7 Å². The second-order valence-electron chi connectivity index (χ2n) is 9.27. The Morgan fingerprint density at radius 1 is 1.20 bits per heavy atom. The number of aromatic nitrogens is 4. The summed E-state index contributed by atoms with van der Waals surface area (Å²) in [6.45, 7) is 0. The molecule has 4 saturated carbocycles. The van der Waals surface area contributed by atoms with Crippen molar-refractivity contribution in [1.29, 1.82) is 0 Å². The van der Waals surface area contributed by atoms with Crippen LogP contribution in [-0.4, -0.2) is 49.3 Å². The molecule has 7 rings (SSSR count). The largest absolute Gasteiger partial charge is 0.390 e. The van der Waals surface area contributed by atoms with Gasteiger partial charge >= 0.3 is 11.8 Å². The maximum Gasteiger partial charge on any atom is 0.314 e. The molecular formula is C21H24N6O3. The number of fused-ring (bicyclic) bond motifs is 3. The molecule has 3 aromatic heterocycles. The fourth-order valence-corrected chi connectivity index (χ4v) is 6.57. The summed E-state index contributed by atoms with van der Waals surface area (Å²) in [6, 6.07) is 2.13. The van der Waals surface area contributed by atoms with Crippen LogP contribution in [0.5, 0.6) is 0 Å². The number of pyridine rings is 1. The standard InChI is InChI=1S/C21H24N6O3/c1-22-19(28)20(29)25-18-14-9-24-17-13(2-3-23-17)16(14)27(26-18)15-11-4-10-5-12(15)8-21(30,6-10)7-11/h2-3,9-12,15,30H,4-8H2,1H3,(H,22,28)(H,23,24)(H,25,26,29)/t10?,11-,12+,15+,21-. The van der Waals surface area contributed by atoms with Crippen molar-refractivity contribution < 1.29 is 14.7 Å². The van der Waals surface area contributed by atoms with Crippen molar-refractivity contribution in [2.75, 3.05) is 12.4 Å². The number of hydrogen-bond donors (Lipinski definition) is 4. The highest BCUT2D eigenvalue weighted by Crippen LogP contribution is 2.60. The van der Waals surface area contributed by atoms with Crippen LogP contribution in [0, 0.1) is 17.8 Å². The van der Waals surface area contributed by atoms with Gasteiger partial charge in [0, 0.05) is 24.8 Å². The van der Waals surface area contributed by atoms with E-state index in [0.717, 1.165) is 48.7 Å². The average Bonchev–Trinajstić information content (AvgIpc) is 3.30. The van der Waals surface area contributed by atoms with Crippen molar-refractivity contribution in [3.8, 4) is 0 Å². The first kappa shape index (κ1) is 17.9. The molecule has 156 valence electrons. The van der Waals surface area contributed by atoms with E-state index in [2.05, 4.69) is 20.6 Å². The van der Waals surface area contributed by atoms with Crippen molar-refractivity contribution in [2.45, 2.75) is 43.7 Å². The summed E-state index contributed by atoms with van der Waals surface area (Å²) in [5, 5.41) is 22.5. The highest BCUT2D eigenvalue weighted by Gasteiger charge is 2.55. The SMILES string of the molecule is CNC(=O)C(=O)Nc1nn([C@H]2[C@@H]3CC4C[C@H]2C[C@@](O)(C4)C3)c2c1cnc1[nH]ccc12. The minimum absolute atomic E-state index is 0.162. The lowest BCUT2D eigenvalue weighted by Gasteiger charge is -2.57. The third-order valence-electron chi connectivity index (χ3n) is 7.39. The Bertz CT molecular complexity index is 1180. The lowest BCUT2D eigenvalue weighted by molar-refractivity contribution is -0.148. The third kappa shape index (κ3) is 2.44. The minimum atomic E-state index is -0.752.